The van der Waals surface area contributed by atoms with Crippen LogP contribution in [-0.4, -0.2) is 46.3 Å². The van der Waals surface area contributed by atoms with E-state index in [0.717, 1.165) is 11.8 Å². The highest BCUT2D eigenvalue weighted by atomic mass is 32.1. The van der Waals surface area contributed by atoms with E-state index in [9.17, 15) is 23.1 Å². The Bertz CT molecular complexity index is 812. The van der Waals surface area contributed by atoms with Gasteiger partial charge in [-0.05, 0) is 19.1 Å². The molecule has 1 aromatic carbocycles. The molecule has 1 aliphatic rings. The van der Waals surface area contributed by atoms with Crippen LogP contribution in [0.25, 0.3) is 0 Å². The van der Waals surface area contributed by atoms with Crippen molar-refractivity contribution in [2.45, 2.75) is 31.7 Å². The predicted octanol–water partition coefficient (Wildman–Crippen LogP) is 3.52. The molecule has 10 heteroatoms. The SMILES string of the molecule is Cc1csc(NC(=O)N2C[C@@H](Oc3ccccc3C(F)(F)F)C[C@H]2CO)n1. The van der Waals surface area contributed by atoms with Crippen LogP contribution >= 0.6 is 11.3 Å². The Hall–Kier alpha value is -2.33. The molecule has 2 amide bonds. The van der Waals surface area contributed by atoms with Crippen LogP contribution in [0.5, 0.6) is 5.75 Å². The molecule has 1 fully saturated rings. The number of carbonyl (C=O) groups excluding carboxylic acids is 1. The number of aliphatic hydroxyl groups is 1. The third-order valence-corrected chi connectivity index (χ3v) is 5.04. The number of hydrogen-bond acceptors (Lipinski definition) is 5. The van der Waals surface area contributed by atoms with Gasteiger partial charge in [0.25, 0.3) is 0 Å². The van der Waals surface area contributed by atoms with Crippen LogP contribution in [0.3, 0.4) is 0 Å². The summed E-state index contributed by atoms with van der Waals surface area (Å²) in [5.41, 5.74) is -0.105. The van der Waals surface area contributed by atoms with Gasteiger partial charge in [0.15, 0.2) is 5.13 Å². The molecular weight excluding hydrogens is 383 g/mol. The fourth-order valence-corrected chi connectivity index (χ4v) is 3.62. The van der Waals surface area contributed by atoms with Gasteiger partial charge in [0, 0.05) is 11.8 Å². The number of thiazole rings is 1. The summed E-state index contributed by atoms with van der Waals surface area (Å²) in [5, 5.41) is 14.4. The molecule has 0 unspecified atom stereocenters. The first-order valence-electron chi connectivity index (χ1n) is 8.21. The number of urea groups is 1. The molecule has 2 heterocycles. The summed E-state index contributed by atoms with van der Waals surface area (Å²) in [6.07, 6.45) is -4.97. The number of alkyl halides is 3. The third kappa shape index (κ3) is 4.51. The molecular formula is C17H18F3N3O3S. The maximum atomic E-state index is 13.1. The van der Waals surface area contributed by atoms with Gasteiger partial charge < -0.3 is 14.7 Å². The second-order valence-electron chi connectivity index (χ2n) is 6.18. The molecule has 0 spiro atoms. The predicted molar refractivity (Wildman–Crippen MR) is 93.9 cm³/mol. The zero-order valence-corrected chi connectivity index (χ0v) is 15.2. The van der Waals surface area contributed by atoms with E-state index in [1.807, 2.05) is 0 Å². The number of para-hydroxylation sites is 1. The first-order valence-corrected chi connectivity index (χ1v) is 9.09. The molecule has 1 aromatic heterocycles. The lowest BCUT2D eigenvalue weighted by Gasteiger charge is -2.22. The van der Waals surface area contributed by atoms with Gasteiger partial charge in [0.05, 0.1) is 30.5 Å². The number of aromatic nitrogens is 1. The van der Waals surface area contributed by atoms with Gasteiger partial charge in [0.1, 0.15) is 11.9 Å². The van der Waals surface area contributed by atoms with Gasteiger partial charge in [-0.25, -0.2) is 9.78 Å². The summed E-state index contributed by atoms with van der Waals surface area (Å²) in [5.74, 6) is -0.288. The number of halogens is 3. The number of aliphatic hydroxyl groups excluding tert-OH is 1. The molecule has 146 valence electrons. The lowest BCUT2D eigenvalue weighted by molar-refractivity contribution is -0.139. The average molecular weight is 401 g/mol. The molecule has 2 N–H and O–H groups in total. The zero-order chi connectivity index (χ0) is 19.6. The number of likely N-dealkylation sites (tertiary alicyclic amines) is 1. The number of anilines is 1. The van der Waals surface area contributed by atoms with Crippen LogP contribution in [0.15, 0.2) is 29.6 Å². The highest BCUT2D eigenvalue weighted by Gasteiger charge is 2.39. The molecule has 0 radical (unpaired) electrons. The maximum absolute atomic E-state index is 13.1. The molecule has 6 nitrogen and oxygen atoms in total. The Kier molecular flexibility index (Phi) is 5.56. The van der Waals surface area contributed by atoms with E-state index in [4.69, 9.17) is 4.74 Å². The minimum atomic E-state index is -4.54. The summed E-state index contributed by atoms with van der Waals surface area (Å²) < 4.78 is 44.9. The summed E-state index contributed by atoms with van der Waals surface area (Å²) in [6.45, 7) is 1.54. The monoisotopic (exact) mass is 401 g/mol. The third-order valence-electron chi connectivity index (χ3n) is 4.17. The van der Waals surface area contributed by atoms with Crippen molar-refractivity contribution < 1.29 is 27.8 Å². The van der Waals surface area contributed by atoms with Crippen molar-refractivity contribution in [3.05, 3.63) is 40.9 Å². The Balaban J connectivity index is 1.70. The first-order chi connectivity index (χ1) is 12.8. The summed E-state index contributed by atoms with van der Waals surface area (Å²) in [4.78, 5) is 18.0. The molecule has 0 bridgehead atoms. The van der Waals surface area contributed by atoms with Crippen molar-refractivity contribution in [3.8, 4) is 5.75 Å². The van der Waals surface area contributed by atoms with E-state index in [0.29, 0.717) is 5.13 Å². The molecule has 0 saturated carbocycles. The molecule has 0 aliphatic carbocycles. The van der Waals surface area contributed by atoms with Gasteiger partial charge in [-0.2, -0.15) is 13.2 Å². The second-order valence-corrected chi connectivity index (χ2v) is 7.04. The number of aryl methyl sites for hydroxylation is 1. The van der Waals surface area contributed by atoms with Crippen molar-refractivity contribution in [2.75, 3.05) is 18.5 Å². The Morgan fingerprint density at radius 3 is 2.81 bits per heavy atom. The smallest absolute Gasteiger partial charge is 0.419 e. The molecule has 1 aliphatic heterocycles. The lowest BCUT2D eigenvalue weighted by Crippen LogP contribution is -2.41. The van der Waals surface area contributed by atoms with E-state index in [1.165, 1.54) is 34.4 Å². The van der Waals surface area contributed by atoms with Crippen molar-refractivity contribution >= 4 is 22.5 Å². The summed E-state index contributed by atoms with van der Waals surface area (Å²) >= 11 is 1.27. The van der Waals surface area contributed by atoms with Gasteiger partial charge in [-0.1, -0.05) is 12.1 Å². The van der Waals surface area contributed by atoms with Crippen molar-refractivity contribution in [1.29, 1.82) is 0 Å². The number of hydrogen-bond donors (Lipinski definition) is 2. The fourth-order valence-electron chi connectivity index (χ4n) is 2.94. The van der Waals surface area contributed by atoms with E-state index >= 15 is 0 Å². The number of nitrogens with one attached hydrogen (secondary N) is 1. The minimum Gasteiger partial charge on any atom is -0.488 e. The molecule has 2 atom stereocenters. The van der Waals surface area contributed by atoms with Crippen molar-refractivity contribution in [1.82, 2.24) is 9.88 Å². The van der Waals surface area contributed by atoms with Crippen molar-refractivity contribution in [3.63, 3.8) is 0 Å². The number of amides is 2. The standard InChI is InChI=1S/C17H18F3N3O3S/c1-10-9-27-15(21-10)22-16(25)23-7-12(6-11(23)8-24)26-14-5-3-2-4-13(14)17(18,19)20/h2-5,9,11-12,24H,6-8H2,1H3,(H,21,22,25)/t11-,12-/m0/s1. The minimum absolute atomic E-state index is 0.0631. The highest BCUT2D eigenvalue weighted by Crippen LogP contribution is 2.37. The van der Waals surface area contributed by atoms with Gasteiger partial charge in [0.2, 0.25) is 0 Å². The summed E-state index contributed by atoms with van der Waals surface area (Å²) in [6, 6.07) is 3.92. The quantitative estimate of drug-likeness (QED) is 0.822. The Labute approximate surface area is 157 Å². The number of ether oxygens (including phenoxy) is 1. The van der Waals surface area contributed by atoms with E-state index in [2.05, 4.69) is 10.3 Å². The number of rotatable bonds is 4. The van der Waals surface area contributed by atoms with E-state index < -0.39 is 29.9 Å². The molecule has 27 heavy (non-hydrogen) atoms. The zero-order valence-electron chi connectivity index (χ0n) is 14.4. The average Bonchev–Trinajstić information content (AvgIpc) is 3.20. The fraction of sp³-hybridized carbons (Fsp3) is 0.412. The van der Waals surface area contributed by atoms with E-state index in [-0.39, 0.29) is 25.3 Å². The van der Waals surface area contributed by atoms with Crippen LogP contribution in [0.1, 0.15) is 17.7 Å². The van der Waals surface area contributed by atoms with Crippen LogP contribution < -0.4 is 10.1 Å². The van der Waals surface area contributed by atoms with Crippen LogP contribution in [-0.2, 0) is 6.18 Å². The number of nitrogens with zero attached hydrogens (tertiary/aromatic N) is 2. The normalized spacial score (nSPS) is 20.0. The van der Waals surface area contributed by atoms with E-state index in [1.54, 1.807) is 12.3 Å². The molecule has 1 saturated heterocycles. The molecule has 2 aromatic rings. The van der Waals surface area contributed by atoms with Gasteiger partial charge in [-0.15, -0.1) is 11.3 Å². The molecule has 3 rings (SSSR count). The Morgan fingerprint density at radius 1 is 1.44 bits per heavy atom. The van der Waals surface area contributed by atoms with Gasteiger partial charge in [-0.3, -0.25) is 5.32 Å². The Morgan fingerprint density at radius 2 is 2.19 bits per heavy atom. The highest BCUT2D eigenvalue weighted by molar-refractivity contribution is 7.13. The lowest BCUT2D eigenvalue weighted by atomic mass is 10.1. The largest absolute Gasteiger partial charge is 0.488 e. The topological polar surface area (TPSA) is 74.7 Å². The first kappa shape index (κ1) is 19.4. The maximum Gasteiger partial charge on any atom is 0.419 e. The second kappa shape index (κ2) is 7.73. The van der Waals surface area contributed by atoms with Gasteiger partial charge >= 0.3 is 12.2 Å². The van der Waals surface area contributed by atoms with Crippen LogP contribution in [0.4, 0.5) is 23.1 Å². The van der Waals surface area contributed by atoms with Crippen molar-refractivity contribution in [2.24, 2.45) is 0 Å². The number of benzene rings is 1. The number of carbonyl (C=O) groups is 1. The van der Waals surface area contributed by atoms with Crippen LogP contribution in [0.2, 0.25) is 0 Å². The van der Waals surface area contributed by atoms with Crippen LogP contribution in [0, 0.1) is 6.92 Å². The summed E-state index contributed by atoms with van der Waals surface area (Å²) in [7, 11) is 0.